The first-order chi connectivity index (χ1) is 12.0. The number of carbonyl (C=O) groups excluding carboxylic acids is 1. The number of likely N-dealkylation sites (N-methyl/N-ethyl adjacent to an activating group) is 1. The number of nitrogens with zero attached hydrogens (tertiary/aromatic N) is 2. The van der Waals surface area contributed by atoms with Gasteiger partial charge in [0.15, 0.2) is 0 Å². The van der Waals surface area contributed by atoms with Gasteiger partial charge in [0.05, 0.1) is 10.6 Å². The lowest BCUT2D eigenvalue weighted by atomic mass is 9.79. The van der Waals surface area contributed by atoms with E-state index in [4.69, 9.17) is 17.3 Å². The highest BCUT2D eigenvalue weighted by Crippen LogP contribution is 2.34. The number of anilines is 1. The number of hydrogen-bond donors (Lipinski definition) is 2. The largest absolute Gasteiger partial charge is 0.398 e. The number of piperazine rings is 1. The van der Waals surface area contributed by atoms with E-state index in [9.17, 15) is 4.79 Å². The zero-order chi connectivity index (χ0) is 17.9. The number of hydrogen-bond acceptors (Lipinski definition) is 4. The molecule has 138 valence electrons. The van der Waals surface area contributed by atoms with Crippen LogP contribution in [0.1, 0.15) is 42.5 Å². The topological polar surface area (TPSA) is 61.6 Å². The Kier molecular flexibility index (Phi) is 5.87. The van der Waals surface area contributed by atoms with Gasteiger partial charge in [0, 0.05) is 44.0 Å². The van der Waals surface area contributed by atoms with Gasteiger partial charge in [0.1, 0.15) is 0 Å². The number of nitrogens with one attached hydrogen (secondary N) is 1. The van der Waals surface area contributed by atoms with Crippen molar-refractivity contribution in [3.05, 3.63) is 28.8 Å². The van der Waals surface area contributed by atoms with E-state index in [1.165, 1.54) is 19.3 Å². The summed E-state index contributed by atoms with van der Waals surface area (Å²) in [7, 11) is 2.17. The lowest BCUT2D eigenvalue weighted by Crippen LogP contribution is -2.61. The van der Waals surface area contributed by atoms with Crippen LogP contribution < -0.4 is 11.1 Å². The van der Waals surface area contributed by atoms with E-state index in [0.29, 0.717) is 22.8 Å². The Morgan fingerprint density at radius 1 is 1.20 bits per heavy atom. The minimum Gasteiger partial charge on any atom is -0.398 e. The van der Waals surface area contributed by atoms with Gasteiger partial charge in [-0.15, -0.1) is 0 Å². The second-order valence-corrected chi connectivity index (χ2v) is 7.87. The normalized spacial score (nSPS) is 21.8. The summed E-state index contributed by atoms with van der Waals surface area (Å²) < 4.78 is 0. The van der Waals surface area contributed by atoms with Crippen molar-refractivity contribution in [2.45, 2.75) is 37.6 Å². The third-order valence-electron chi connectivity index (χ3n) is 5.81. The van der Waals surface area contributed by atoms with E-state index >= 15 is 0 Å². The van der Waals surface area contributed by atoms with E-state index in [1.807, 2.05) is 0 Å². The second-order valence-electron chi connectivity index (χ2n) is 7.46. The van der Waals surface area contributed by atoms with Gasteiger partial charge in [-0.2, -0.15) is 0 Å². The van der Waals surface area contributed by atoms with Crippen LogP contribution in [-0.2, 0) is 0 Å². The zero-order valence-electron chi connectivity index (χ0n) is 15.1. The van der Waals surface area contributed by atoms with Crippen molar-refractivity contribution < 1.29 is 4.79 Å². The molecule has 1 aliphatic carbocycles. The van der Waals surface area contributed by atoms with Crippen LogP contribution in [0.3, 0.4) is 0 Å². The summed E-state index contributed by atoms with van der Waals surface area (Å²) in [6, 6.07) is 5.20. The molecule has 0 bridgehead atoms. The first-order valence-electron chi connectivity index (χ1n) is 9.28. The van der Waals surface area contributed by atoms with Gasteiger partial charge in [-0.25, -0.2) is 0 Å². The summed E-state index contributed by atoms with van der Waals surface area (Å²) in [5, 5.41) is 3.55. The number of rotatable bonds is 4. The molecule has 1 aromatic rings. The van der Waals surface area contributed by atoms with E-state index in [2.05, 4.69) is 22.2 Å². The first kappa shape index (κ1) is 18.5. The molecule has 5 nitrogen and oxygen atoms in total. The van der Waals surface area contributed by atoms with Crippen molar-refractivity contribution in [1.82, 2.24) is 15.1 Å². The fourth-order valence-electron chi connectivity index (χ4n) is 4.21. The van der Waals surface area contributed by atoms with Gasteiger partial charge in [-0.1, -0.05) is 36.9 Å². The fraction of sp³-hybridized carbons (Fsp3) is 0.632. The molecule has 0 unspecified atom stereocenters. The molecule has 0 atom stereocenters. The highest BCUT2D eigenvalue weighted by molar-refractivity contribution is 6.34. The lowest BCUT2D eigenvalue weighted by Gasteiger charge is -2.49. The van der Waals surface area contributed by atoms with Crippen LogP contribution in [-0.4, -0.2) is 61.0 Å². The molecule has 1 aromatic carbocycles. The lowest BCUT2D eigenvalue weighted by molar-refractivity contribution is 0.0138. The molecular weight excluding hydrogens is 336 g/mol. The van der Waals surface area contributed by atoms with Crippen LogP contribution >= 0.6 is 11.6 Å². The number of carbonyl (C=O) groups is 1. The van der Waals surface area contributed by atoms with Crippen molar-refractivity contribution in [3.63, 3.8) is 0 Å². The highest BCUT2D eigenvalue weighted by Gasteiger charge is 2.39. The number of nitrogens with two attached hydrogens (primary N) is 1. The number of halogens is 1. The van der Waals surface area contributed by atoms with Gasteiger partial charge in [0.2, 0.25) is 0 Å². The van der Waals surface area contributed by atoms with Crippen molar-refractivity contribution in [2.75, 3.05) is 45.5 Å². The number of benzene rings is 1. The van der Waals surface area contributed by atoms with E-state index in [1.54, 1.807) is 18.2 Å². The summed E-state index contributed by atoms with van der Waals surface area (Å²) in [6.07, 6.45) is 6.05. The maximum atomic E-state index is 12.7. The summed E-state index contributed by atoms with van der Waals surface area (Å²) in [5.41, 5.74) is 6.86. The molecule has 1 saturated heterocycles. The molecule has 0 aromatic heterocycles. The molecule has 6 heteroatoms. The summed E-state index contributed by atoms with van der Waals surface area (Å²) in [4.78, 5) is 17.7. The molecule has 2 fully saturated rings. The molecular formula is C19H29ClN4O. The third-order valence-corrected chi connectivity index (χ3v) is 6.12. The third kappa shape index (κ3) is 4.10. The monoisotopic (exact) mass is 364 g/mol. The predicted octanol–water partition coefficient (Wildman–Crippen LogP) is 2.60. The van der Waals surface area contributed by atoms with Crippen LogP contribution in [0, 0.1) is 0 Å². The Morgan fingerprint density at radius 2 is 1.88 bits per heavy atom. The van der Waals surface area contributed by atoms with E-state index < -0.39 is 0 Å². The molecule has 1 heterocycles. The average molecular weight is 365 g/mol. The minimum absolute atomic E-state index is 0.0746. The molecule has 3 N–H and O–H groups in total. The summed E-state index contributed by atoms with van der Waals surface area (Å²) in [6.45, 7) is 4.99. The Balaban J connectivity index is 1.72. The first-order valence-corrected chi connectivity index (χ1v) is 9.65. The zero-order valence-corrected chi connectivity index (χ0v) is 15.8. The van der Waals surface area contributed by atoms with Crippen LogP contribution in [0.4, 0.5) is 5.69 Å². The van der Waals surface area contributed by atoms with Crippen LogP contribution in [0.15, 0.2) is 18.2 Å². The van der Waals surface area contributed by atoms with Crippen LogP contribution in [0.5, 0.6) is 0 Å². The number of amides is 1. The predicted molar refractivity (Wildman–Crippen MR) is 103 cm³/mol. The van der Waals surface area contributed by atoms with Crippen molar-refractivity contribution in [3.8, 4) is 0 Å². The Morgan fingerprint density at radius 3 is 2.52 bits per heavy atom. The molecule has 0 radical (unpaired) electrons. The molecule has 1 aliphatic heterocycles. The molecule has 1 amide bonds. The second kappa shape index (κ2) is 7.94. The maximum absolute atomic E-state index is 12.7. The van der Waals surface area contributed by atoms with Crippen LogP contribution in [0.25, 0.3) is 0 Å². The van der Waals surface area contributed by atoms with Gasteiger partial charge >= 0.3 is 0 Å². The van der Waals surface area contributed by atoms with Crippen molar-refractivity contribution in [2.24, 2.45) is 0 Å². The molecule has 25 heavy (non-hydrogen) atoms. The Bertz CT molecular complexity index is 587. The van der Waals surface area contributed by atoms with Crippen molar-refractivity contribution >= 4 is 23.2 Å². The highest BCUT2D eigenvalue weighted by atomic mass is 35.5. The Hall–Kier alpha value is -1.30. The number of nitrogen functional groups attached to an aromatic ring is 1. The summed E-state index contributed by atoms with van der Waals surface area (Å²) >= 11 is 6.19. The minimum atomic E-state index is -0.165. The van der Waals surface area contributed by atoms with Gasteiger partial charge in [0.25, 0.3) is 5.91 Å². The van der Waals surface area contributed by atoms with Gasteiger partial charge < -0.3 is 16.0 Å². The maximum Gasteiger partial charge on any atom is 0.254 e. The smallest absolute Gasteiger partial charge is 0.254 e. The van der Waals surface area contributed by atoms with Gasteiger partial charge in [-0.05, 0) is 32.0 Å². The Labute approximate surface area is 155 Å². The summed E-state index contributed by atoms with van der Waals surface area (Å²) in [5.74, 6) is -0.165. The fourth-order valence-corrected chi connectivity index (χ4v) is 4.48. The molecule has 3 rings (SSSR count). The quantitative estimate of drug-likeness (QED) is 0.806. The average Bonchev–Trinajstić information content (AvgIpc) is 2.61. The molecule has 2 aliphatic rings. The van der Waals surface area contributed by atoms with Crippen LogP contribution in [0.2, 0.25) is 5.02 Å². The van der Waals surface area contributed by atoms with E-state index in [0.717, 1.165) is 39.0 Å². The molecule has 1 saturated carbocycles. The SMILES string of the molecule is CN1CCN(C2(CNC(=O)c3c(N)cccc3Cl)CCCCC2)CC1. The molecule has 0 spiro atoms. The standard InChI is InChI=1S/C19H29ClN4O/c1-23-10-12-24(13-11-23)19(8-3-2-4-9-19)14-22-18(25)17-15(20)6-5-7-16(17)21/h5-7H,2-4,8-14,21H2,1H3,(H,22,25). The van der Waals surface area contributed by atoms with Crippen molar-refractivity contribution in [1.29, 1.82) is 0 Å². The van der Waals surface area contributed by atoms with Gasteiger partial charge in [-0.3, -0.25) is 9.69 Å². The van der Waals surface area contributed by atoms with E-state index in [-0.39, 0.29) is 11.4 Å².